The summed E-state index contributed by atoms with van der Waals surface area (Å²) in [5, 5.41) is 14.7. The zero-order chi connectivity index (χ0) is 24.5. The van der Waals surface area contributed by atoms with Crippen molar-refractivity contribution in [3.05, 3.63) is 58.6 Å². The normalized spacial score (nSPS) is 18.2. The van der Waals surface area contributed by atoms with Gasteiger partial charge in [-0.3, -0.25) is 10.1 Å². The van der Waals surface area contributed by atoms with Crippen molar-refractivity contribution in [1.29, 1.82) is 0 Å². The Bertz CT molecular complexity index is 1080. The summed E-state index contributed by atoms with van der Waals surface area (Å²) in [6.07, 6.45) is -1.23. The summed E-state index contributed by atoms with van der Waals surface area (Å²) in [6, 6.07) is 10.3. The van der Waals surface area contributed by atoms with E-state index in [1.165, 1.54) is 36.0 Å². The Morgan fingerprint density at radius 1 is 1.15 bits per heavy atom. The lowest BCUT2D eigenvalue weighted by molar-refractivity contribution is -0.148. The van der Waals surface area contributed by atoms with Gasteiger partial charge in [-0.1, -0.05) is 35.3 Å². The minimum Gasteiger partial charge on any atom is -0.467 e. The molecule has 3 rings (SSSR count). The molecule has 1 aliphatic rings. The highest BCUT2D eigenvalue weighted by atomic mass is 35.5. The van der Waals surface area contributed by atoms with Crippen LogP contribution >= 0.6 is 23.2 Å². The second-order valence-electron chi connectivity index (χ2n) is 8.01. The summed E-state index contributed by atoms with van der Waals surface area (Å²) >= 11 is 12.1. The van der Waals surface area contributed by atoms with Crippen LogP contribution in [-0.2, 0) is 9.53 Å². The van der Waals surface area contributed by atoms with E-state index in [0.717, 1.165) is 0 Å². The number of rotatable bonds is 5. The lowest BCUT2D eigenvalue weighted by Gasteiger charge is -2.39. The smallest absolute Gasteiger partial charge is 0.347 e. The number of nitrogens with zero attached hydrogens (tertiary/aromatic N) is 3. The number of esters is 1. The van der Waals surface area contributed by atoms with Crippen molar-refractivity contribution in [2.45, 2.75) is 38.5 Å². The molecular weight excluding hydrogens is 471 g/mol. The fourth-order valence-electron chi connectivity index (χ4n) is 3.99. The molecule has 1 saturated heterocycles. The molecule has 2 aromatic rings. The third-order valence-electron chi connectivity index (χ3n) is 5.44. The van der Waals surface area contributed by atoms with E-state index in [9.17, 15) is 19.6 Å². The Hall–Kier alpha value is -3.01. The van der Waals surface area contributed by atoms with Crippen molar-refractivity contribution in [3.63, 3.8) is 0 Å². The van der Waals surface area contributed by atoms with Gasteiger partial charge in [0.2, 0.25) is 0 Å². The fraction of sp³-hybridized carbons (Fsp3) is 0.318. The molecule has 0 bridgehead atoms. The van der Waals surface area contributed by atoms with Crippen LogP contribution in [0.1, 0.15) is 20.8 Å². The number of ether oxygens (including phenoxy) is 1. The van der Waals surface area contributed by atoms with Crippen molar-refractivity contribution in [2.75, 3.05) is 17.3 Å². The summed E-state index contributed by atoms with van der Waals surface area (Å²) in [5.74, 6) is -0.643. The lowest BCUT2D eigenvalue weighted by Crippen LogP contribution is -2.59. The maximum Gasteiger partial charge on any atom is 0.347 e. The minimum atomic E-state index is -1.23. The Kier molecular flexibility index (Phi) is 7.06. The molecule has 0 aromatic heterocycles. The first kappa shape index (κ1) is 24.6. The number of halogens is 2. The molecule has 0 saturated carbocycles. The first-order valence-corrected chi connectivity index (χ1v) is 10.7. The Balaban J connectivity index is 2.04. The van der Waals surface area contributed by atoms with Gasteiger partial charge >= 0.3 is 18.0 Å². The van der Waals surface area contributed by atoms with Crippen LogP contribution in [0.15, 0.2) is 48.5 Å². The maximum atomic E-state index is 13.5. The average molecular weight is 495 g/mol. The quantitative estimate of drug-likeness (QED) is 0.352. The van der Waals surface area contributed by atoms with E-state index in [0.29, 0.717) is 26.5 Å². The van der Waals surface area contributed by atoms with E-state index in [2.05, 4.69) is 5.32 Å². The number of hydroxylamine groups is 2. The number of hydrogen-bond acceptors (Lipinski definition) is 5. The third-order valence-corrected chi connectivity index (χ3v) is 5.91. The number of anilines is 2. The van der Waals surface area contributed by atoms with Gasteiger partial charge in [-0.15, -0.1) is 0 Å². The van der Waals surface area contributed by atoms with Crippen molar-refractivity contribution in [2.24, 2.45) is 0 Å². The zero-order valence-electron chi connectivity index (χ0n) is 18.5. The molecule has 1 aliphatic heterocycles. The minimum absolute atomic E-state index is 0.333. The summed E-state index contributed by atoms with van der Waals surface area (Å²) < 4.78 is 4.82. The Labute approximate surface area is 201 Å². The van der Waals surface area contributed by atoms with Crippen LogP contribution in [0.25, 0.3) is 0 Å². The third kappa shape index (κ3) is 4.71. The summed E-state index contributed by atoms with van der Waals surface area (Å²) in [7, 11) is 1.22. The molecule has 33 heavy (non-hydrogen) atoms. The van der Waals surface area contributed by atoms with Crippen molar-refractivity contribution in [1.82, 2.24) is 9.96 Å². The number of carbonyl (C=O) groups is 3. The van der Waals surface area contributed by atoms with Crippen LogP contribution in [-0.4, -0.2) is 58.1 Å². The molecule has 2 aromatic carbocycles. The Morgan fingerprint density at radius 3 is 2.33 bits per heavy atom. The number of amides is 4. The maximum absolute atomic E-state index is 13.5. The number of methoxy groups -OCH3 is 1. The van der Waals surface area contributed by atoms with Gasteiger partial charge in [0.1, 0.15) is 6.04 Å². The van der Waals surface area contributed by atoms with Crippen molar-refractivity contribution >= 4 is 52.6 Å². The highest BCUT2D eigenvalue weighted by molar-refractivity contribution is 6.31. The second-order valence-corrected chi connectivity index (χ2v) is 8.89. The molecule has 176 valence electrons. The largest absolute Gasteiger partial charge is 0.467 e. The van der Waals surface area contributed by atoms with Crippen molar-refractivity contribution < 1.29 is 24.3 Å². The molecule has 9 nitrogen and oxygen atoms in total. The summed E-state index contributed by atoms with van der Waals surface area (Å²) in [6.45, 7) is 4.78. The molecule has 1 fully saturated rings. The standard InChI is InChI=1S/C22H24Cl2N4O5/c1-13(18(29)33-4)27-21(31)26(17-10-6-8-15(24)12-17)19(22(27,2)3)28(32)20(30)25-16-9-5-7-14(23)11-16/h5-13,19,32H,1-4H3,(H,25,30). The van der Waals surface area contributed by atoms with Gasteiger partial charge in [-0.25, -0.2) is 14.4 Å². The molecule has 11 heteroatoms. The van der Waals surface area contributed by atoms with Gasteiger partial charge in [0.15, 0.2) is 6.17 Å². The molecule has 2 N–H and O–H groups in total. The lowest BCUT2D eigenvalue weighted by atomic mass is 9.98. The predicted molar refractivity (Wildman–Crippen MR) is 125 cm³/mol. The van der Waals surface area contributed by atoms with E-state index in [-0.39, 0.29) is 0 Å². The Morgan fingerprint density at radius 2 is 1.76 bits per heavy atom. The van der Waals surface area contributed by atoms with E-state index < -0.39 is 35.8 Å². The first-order chi connectivity index (χ1) is 15.5. The predicted octanol–water partition coefficient (Wildman–Crippen LogP) is 4.82. The van der Waals surface area contributed by atoms with E-state index in [1.807, 2.05) is 0 Å². The number of carbonyl (C=O) groups excluding carboxylic acids is 3. The molecule has 0 spiro atoms. The number of benzene rings is 2. The van der Waals surface area contributed by atoms with Gasteiger partial charge in [0, 0.05) is 21.4 Å². The fourth-order valence-corrected chi connectivity index (χ4v) is 4.37. The zero-order valence-corrected chi connectivity index (χ0v) is 20.0. The molecule has 4 amide bonds. The highest BCUT2D eigenvalue weighted by Crippen LogP contribution is 2.40. The van der Waals surface area contributed by atoms with Gasteiger partial charge in [0.05, 0.1) is 12.6 Å². The van der Waals surface area contributed by atoms with Crippen LogP contribution < -0.4 is 10.2 Å². The summed E-state index contributed by atoms with van der Waals surface area (Å²) in [5.41, 5.74) is -0.546. The van der Waals surface area contributed by atoms with E-state index in [4.69, 9.17) is 27.9 Å². The molecular formula is C22H24Cl2N4O5. The number of urea groups is 2. The number of nitrogens with one attached hydrogen (secondary N) is 1. The van der Waals surface area contributed by atoms with Gasteiger partial charge in [-0.05, 0) is 57.2 Å². The second kappa shape index (κ2) is 9.46. The molecule has 0 radical (unpaired) electrons. The van der Waals surface area contributed by atoms with E-state index in [1.54, 1.807) is 50.2 Å². The van der Waals surface area contributed by atoms with Gasteiger partial charge in [-0.2, -0.15) is 5.06 Å². The first-order valence-electron chi connectivity index (χ1n) is 9.99. The van der Waals surface area contributed by atoms with Crippen LogP contribution in [0.4, 0.5) is 21.0 Å². The number of hydrogen-bond donors (Lipinski definition) is 2. The topological polar surface area (TPSA) is 102 Å². The molecule has 0 aliphatic carbocycles. The van der Waals surface area contributed by atoms with Crippen LogP contribution in [0.2, 0.25) is 10.0 Å². The average Bonchev–Trinajstić information content (AvgIpc) is 2.96. The monoisotopic (exact) mass is 494 g/mol. The molecule has 1 heterocycles. The van der Waals surface area contributed by atoms with Crippen LogP contribution in [0.3, 0.4) is 0 Å². The van der Waals surface area contributed by atoms with Crippen molar-refractivity contribution in [3.8, 4) is 0 Å². The molecule has 2 atom stereocenters. The van der Waals surface area contributed by atoms with Gasteiger partial charge in [0.25, 0.3) is 0 Å². The van der Waals surface area contributed by atoms with Gasteiger partial charge < -0.3 is 15.0 Å². The van der Waals surface area contributed by atoms with Crippen LogP contribution in [0.5, 0.6) is 0 Å². The SMILES string of the molecule is COC(=O)C(C)N1C(=O)N(c2cccc(Cl)c2)C(N(O)C(=O)Nc2cccc(Cl)c2)C1(C)C. The van der Waals surface area contributed by atoms with E-state index >= 15 is 0 Å². The van der Waals surface area contributed by atoms with Crippen LogP contribution in [0, 0.1) is 0 Å². The molecule has 2 unspecified atom stereocenters. The highest BCUT2D eigenvalue weighted by Gasteiger charge is 2.58. The summed E-state index contributed by atoms with van der Waals surface area (Å²) in [4.78, 5) is 41.3.